The maximum atomic E-state index is 13.0. The van der Waals surface area contributed by atoms with E-state index in [0.29, 0.717) is 22.7 Å². The highest BCUT2D eigenvalue weighted by Gasteiger charge is 2.29. The SMILES string of the molecule is Cc1nn(C)c2nc(C3CC3)cc(C(=O)NCC(C(=O)O)c3ccccc3)c12. The van der Waals surface area contributed by atoms with Crippen molar-refractivity contribution in [2.24, 2.45) is 7.05 Å². The number of carbonyl (C=O) groups is 2. The van der Waals surface area contributed by atoms with E-state index in [1.807, 2.05) is 26.1 Å². The minimum absolute atomic E-state index is 0.0140. The molecular formula is C21H22N4O3. The molecule has 1 atom stereocenters. The lowest BCUT2D eigenvalue weighted by Crippen LogP contribution is -2.32. The quantitative estimate of drug-likeness (QED) is 0.687. The number of hydrogen-bond donors (Lipinski definition) is 2. The van der Waals surface area contributed by atoms with Crippen LogP contribution in [0.2, 0.25) is 0 Å². The van der Waals surface area contributed by atoms with Crippen molar-refractivity contribution >= 4 is 22.9 Å². The number of benzene rings is 1. The van der Waals surface area contributed by atoms with Gasteiger partial charge in [0.2, 0.25) is 0 Å². The lowest BCUT2D eigenvalue weighted by molar-refractivity contribution is -0.138. The van der Waals surface area contributed by atoms with Crippen LogP contribution in [0.4, 0.5) is 0 Å². The van der Waals surface area contributed by atoms with Gasteiger partial charge in [-0.2, -0.15) is 5.10 Å². The van der Waals surface area contributed by atoms with Gasteiger partial charge in [0.25, 0.3) is 5.91 Å². The molecule has 0 radical (unpaired) electrons. The molecule has 1 aromatic carbocycles. The Labute approximate surface area is 162 Å². The largest absolute Gasteiger partial charge is 0.481 e. The Balaban J connectivity index is 1.64. The highest BCUT2D eigenvalue weighted by Crippen LogP contribution is 2.40. The highest BCUT2D eigenvalue weighted by atomic mass is 16.4. The Morgan fingerprint density at radius 2 is 2.00 bits per heavy atom. The zero-order valence-corrected chi connectivity index (χ0v) is 15.8. The molecule has 4 rings (SSSR count). The molecule has 7 heteroatoms. The molecule has 1 aliphatic rings. The number of nitrogens with one attached hydrogen (secondary N) is 1. The van der Waals surface area contributed by atoms with Gasteiger partial charge in [-0.3, -0.25) is 14.3 Å². The minimum atomic E-state index is -0.970. The van der Waals surface area contributed by atoms with E-state index in [1.54, 1.807) is 28.9 Å². The Hall–Kier alpha value is -3.22. The van der Waals surface area contributed by atoms with Crippen molar-refractivity contribution < 1.29 is 14.7 Å². The summed E-state index contributed by atoms with van der Waals surface area (Å²) in [7, 11) is 1.82. The van der Waals surface area contributed by atoms with E-state index in [0.717, 1.165) is 29.6 Å². The summed E-state index contributed by atoms with van der Waals surface area (Å²) in [5.74, 6) is -1.68. The summed E-state index contributed by atoms with van der Waals surface area (Å²) in [6.45, 7) is 1.86. The molecule has 2 N–H and O–H groups in total. The van der Waals surface area contributed by atoms with E-state index in [9.17, 15) is 14.7 Å². The van der Waals surface area contributed by atoms with Crippen molar-refractivity contribution in [1.29, 1.82) is 0 Å². The molecule has 1 unspecified atom stereocenters. The first kappa shape index (κ1) is 18.2. The van der Waals surface area contributed by atoms with Crippen molar-refractivity contribution in [2.45, 2.75) is 31.6 Å². The van der Waals surface area contributed by atoms with Crippen molar-refractivity contribution in [3.63, 3.8) is 0 Å². The molecule has 144 valence electrons. The first-order valence-electron chi connectivity index (χ1n) is 9.36. The second kappa shape index (κ2) is 7.07. The van der Waals surface area contributed by atoms with Gasteiger partial charge in [-0.25, -0.2) is 4.98 Å². The van der Waals surface area contributed by atoms with E-state index in [2.05, 4.69) is 10.4 Å². The Bertz CT molecular complexity index is 1050. The zero-order valence-electron chi connectivity index (χ0n) is 15.8. The fourth-order valence-electron chi connectivity index (χ4n) is 3.55. The van der Waals surface area contributed by atoms with Crippen LogP contribution in [0.25, 0.3) is 11.0 Å². The Kier molecular flexibility index (Phi) is 4.58. The van der Waals surface area contributed by atoms with Crippen molar-refractivity contribution in [3.05, 3.63) is 58.9 Å². The molecule has 1 aliphatic carbocycles. The molecule has 3 aromatic rings. The van der Waals surface area contributed by atoms with Crippen molar-refractivity contribution in [3.8, 4) is 0 Å². The van der Waals surface area contributed by atoms with Gasteiger partial charge in [-0.15, -0.1) is 0 Å². The predicted molar refractivity (Wildman–Crippen MR) is 104 cm³/mol. The molecule has 7 nitrogen and oxygen atoms in total. The lowest BCUT2D eigenvalue weighted by atomic mass is 9.99. The van der Waals surface area contributed by atoms with E-state index in [4.69, 9.17) is 4.98 Å². The molecular weight excluding hydrogens is 356 g/mol. The predicted octanol–water partition coefficient (Wildman–Crippen LogP) is 2.75. The molecule has 0 bridgehead atoms. The van der Waals surface area contributed by atoms with Gasteiger partial charge in [0.15, 0.2) is 5.65 Å². The second-order valence-corrected chi connectivity index (χ2v) is 7.29. The van der Waals surface area contributed by atoms with Crippen LogP contribution in [0, 0.1) is 6.92 Å². The second-order valence-electron chi connectivity index (χ2n) is 7.29. The van der Waals surface area contributed by atoms with Crippen LogP contribution in [0.5, 0.6) is 0 Å². The maximum absolute atomic E-state index is 13.0. The van der Waals surface area contributed by atoms with Crippen LogP contribution in [0.3, 0.4) is 0 Å². The van der Waals surface area contributed by atoms with Gasteiger partial charge in [0, 0.05) is 25.2 Å². The lowest BCUT2D eigenvalue weighted by Gasteiger charge is -2.14. The smallest absolute Gasteiger partial charge is 0.312 e. The van der Waals surface area contributed by atoms with Crippen LogP contribution < -0.4 is 5.32 Å². The van der Waals surface area contributed by atoms with Crippen molar-refractivity contribution in [1.82, 2.24) is 20.1 Å². The first-order valence-corrected chi connectivity index (χ1v) is 9.36. The van der Waals surface area contributed by atoms with Crippen molar-refractivity contribution in [2.75, 3.05) is 6.54 Å². The van der Waals surface area contributed by atoms with E-state index >= 15 is 0 Å². The molecule has 28 heavy (non-hydrogen) atoms. The number of rotatable bonds is 6. The molecule has 2 heterocycles. The Morgan fingerprint density at radius 3 is 2.64 bits per heavy atom. The number of fused-ring (bicyclic) bond motifs is 1. The van der Waals surface area contributed by atoms with Gasteiger partial charge in [0.05, 0.1) is 22.6 Å². The van der Waals surface area contributed by atoms with E-state index < -0.39 is 11.9 Å². The van der Waals surface area contributed by atoms with Crippen LogP contribution in [-0.4, -0.2) is 38.3 Å². The normalized spacial score (nSPS) is 14.8. The van der Waals surface area contributed by atoms with Gasteiger partial charge in [-0.1, -0.05) is 30.3 Å². The zero-order chi connectivity index (χ0) is 19.8. The van der Waals surface area contributed by atoms with E-state index in [-0.39, 0.29) is 12.5 Å². The highest BCUT2D eigenvalue weighted by molar-refractivity contribution is 6.06. The maximum Gasteiger partial charge on any atom is 0.312 e. The van der Waals surface area contributed by atoms with Gasteiger partial charge in [-0.05, 0) is 31.4 Å². The summed E-state index contributed by atoms with van der Waals surface area (Å²) >= 11 is 0. The number of pyridine rings is 1. The first-order chi connectivity index (χ1) is 13.5. The standard InChI is InChI=1S/C21H22N4O3/c1-12-18-15(10-17(14-8-9-14)23-19(18)25(2)24-12)20(26)22-11-16(21(27)28)13-6-4-3-5-7-13/h3-7,10,14,16H,8-9,11H2,1-2H3,(H,22,26)(H,27,28). The number of carboxylic acids is 1. The number of aromatic nitrogens is 3. The summed E-state index contributed by atoms with van der Waals surface area (Å²) in [4.78, 5) is 29.4. The molecule has 0 aliphatic heterocycles. The molecule has 2 aromatic heterocycles. The number of aliphatic carboxylic acids is 1. The topological polar surface area (TPSA) is 97.1 Å². The average molecular weight is 378 g/mol. The summed E-state index contributed by atoms with van der Waals surface area (Å²) in [6.07, 6.45) is 2.15. The third kappa shape index (κ3) is 3.35. The van der Waals surface area contributed by atoms with Crippen LogP contribution in [-0.2, 0) is 11.8 Å². The molecule has 1 amide bonds. The average Bonchev–Trinajstić information content (AvgIpc) is 3.48. The van der Waals surface area contributed by atoms with Crippen LogP contribution in [0.15, 0.2) is 36.4 Å². The number of carboxylic acid groups (broad SMARTS) is 1. The monoisotopic (exact) mass is 378 g/mol. The fraction of sp³-hybridized carbons (Fsp3) is 0.333. The van der Waals surface area contributed by atoms with Gasteiger partial charge in [0.1, 0.15) is 0 Å². The number of carbonyl (C=O) groups excluding carboxylic acids is 1. The summed E-state index contributed by atoms with van der Waals surface area (Å²) in [5.41, 5.74) is 3.49. The minimum Gasteiger partial charge on any atom is -0.481 e. The fourth-order valence-corrected chi connectivity index (χ4v) is 3.55. The number of nitrogens with zero attached hydrogens (tertiary/aromatic N) is 3. The van der Waals surface area contributed by atoms with Gasteiger partial charge >= 0.3 is 5.97 Å². The summed E-state index contributed by atoms with van der Waals surface area (Å²) in [5, 5.41) is 17.5. The molecule has 0 spiro atoms. The summed E-state index contributed by atoms with van der Waals surface area (Å²) in [6, 6.07) is 10.8. The molecule has 1 fully saturated rings. The third-order valence-corrected chi connectivity index (χ3v) is 5.20. The molecule has 1 saturated carbocycles. The summed E-state index contributed by atoms with van der Waals surface area (Å²) < 4.78 is 1.69. The van der Waals surface area contributed by atoms with Crippen LogP contribution in [0.1, 0.15) is 52.0 Å². The van der Waals surface area contributed by atoms with Gasteiger partial charge < -0.3 is 10.4 Å². The number of amides is 1. The number of aryl methyl sites for hydroxylation is 2. The Morgan fingerprint density at radius 1 is 1.29 bits per heavy atom. The van der Waals surface area contributed by atoms with Crippen LogP contribution >= 0.6 is 0 Å². The third-order valence-electron chi connectivity index (χ3n) is 5.20. The number of hydrogen-bond acceptors (Lipinski definition) is 4. The van der Waals surface area contributed by atoms with E-state index in [1.165, 1.54) is 0 Å². The molecule has 0 saturated heterocycles.